The van der Waals surface area contributed by atoms with Crippen molar-refractivity contribution in [1.82, 2.24) is 9.21 Å². The number of sulfonamides is 1. The van der Waals surface area contributed by atoms with Crippen molar-refractivity contribution in [1.29, 1.82) is 0 Å². The Kier molecular flexibility index (Phi) is 11.6. The van der Waals surface area contributed by atoms with E-state index in [2.05, 4.69) is 6.58 Å². The van der Waals surface area contributed by atoms with E-state index >= 15 is 0 Å². The van der Waals surface area contributed by atoms with Gasteiger partial charge in [-0.2, -0.15) is 0 Å². The van der Waals surface area contributed by atoms with E-state index in [9.17, 15) is 23.1 Å². The molecule has 0 bridgehead atoms. The van der Waals surface area contributed by atoms with Crippen LogP contribution in [0.1, 0.15) is 61.0 Å². The summed E-state index contributed by atoms with van der Waals surface area (Å²) in [7, 11) is -3.62. The number of nitrogens with zero attached hydrogens (tertiary/aromatic N) is 2. The molecule has 3 aliphatic rings. The molecule has 4 atom stereocenters. The molecule has 1 amide bonds. The average Bonchev–Trinajstić information content (AvgIpc) is 3.14. The second kappa shape index (κ2) is 16.1. The van der Waals surface area contributed by atoms with Crippen LogP contribution in [0.5, 0.6) is 17.2 Å². The molecular weight excluding hydrogens is 685 g/mol. The molecule has 3 fully saturated rings. The highest BCUT2D eigenvalue weighted by Gasteiger charge is 2.46. The van der Waals surface area contributed by atoms with Crippen LogP contribution in [0.15, 0.2) is 78.9 Å². The predicted octanol–water partition coefficient (Wildman–Crippen LogP) is 7.03. The van der Waals surface area contributed by atoms with Gasteiger partial charge in [-0.15, -0.1) is 0 Å². The summed E-state index contributed by atoms with van der Waals surface area (Å²) in [6.45, 7) is 11.2. The van der Waals surface area contributed by atoms with Gasteiger partial charge >= 0.3 is 12.1 Å². The number of carbonyl (C=O) groups excluding carboxylic acids is 1. The summed E-state index contributed by atoms with van der Waals surface area (Å²) in [5.74, 6) is 0.288. The Morgan fingerprint density at radius 3 is 2.35 bits per heavy atom. The van der Waals surface area contributed by atoms with Crippen molar-refractivity contribution in [2.24, 2.45) is 11.8 Å². The van der Waals surface area contributed by atoms with Crippen molar-refractivity contribution in [3.05, 3.63) is 101 Å². The van der Waals surface area contributed by atoms with Gasteiger partial charge in [-0.05, 0) is 99.4 Å². The van der Waals surface area contributed by atoms with Crippen molar-refractivity contribution in [2.75, 3.05) is 32.8 Å². The van der Waals surface area contributed by atoms with E-state index in [1.54, 1.807) is 21.3 Å². The molecule has 0 aromatic heterocycles. The zero-order valence-electron chi connectivity index (χ0n) is 30.0. The highest BCUT2D eigenvalue weighted by molar-refractivity contribution is 7.89. The van der Waals surface area contributed by atoms with Gasteiger partial charge in [0.25, 0.3) is 0 Å². The molecule has 1 N–H and O–H groups in total. The standard InChI is InChI=1S/C40H48N2O9S/c1-26(2)34-21-30-23-42(52(46,47)33-14-17-41(18-15-33)40(45)49-24-29-8-6-5-7-9-29)19-16-36(30)51-39(34)35-22-32(12-13-37(35)48-25-38(43)44)50-31-11-10-27(3)28(4)20-31/h5-13,20,22,30,33-34,36,39H,1,14-19,21,23-25H2,2-4H3,(H,43,44)/t30-,34-,36+,39+/m1/s1. The zero-order valence-corrected chi connectivity index (χ0v) is 30.8. The van der Waals surface area contributed by atoms with Crippen LogP contribution in [0.2, 0.25) is 0 Å². The molecule has 278 valence electrons. The van der Waals surface area contributed by atoms with Gasteiger partial charge < -0.3 is 29.0 Å². The molecule has 6 rings (SSSR count). The predicted molar refractivity (Wildman–Crippen MR) is 196 cm³/mol. The number of hydrogen-bond donors (Lipinski definition) is 1. The molecular formula is C40H48N2O9S. The normalized spacial score (nSPS) is 22.6. The first-order valence-corrected chi connectivity index (χ1v) is 19.4. The first kappa shape index (κ1) is 37.4. The van der Waals surface area contributed by atoms with Gasteiger partial charge in [0.1, 0.15) is 23.9 Å². The smallest absolute Gasteiger partial charge is 0.410 e. The molecule has 3 aromatic carbocycles. The highest BCUT2D eigenvalue weighted by atomic mass is 32.2. The van der Waals surface area contributed by atoms with Crippen molar-refractivity contribution >= 4 is 22.1 Å². The second-order valence-corrected chi connectivity index (χ2v) is 16.4. The molecule has 52 heavy (non-hydrogen) atoms. The number of piperidine rings is 2. The fourth-order valence-electron chi connectivity index (χ4n) is 7.45. The van der Waals surface area contributed by atoms with Crippen LogP contribution in [0, 0.1) is 25.7 Å². The Labute approximate surface area is 306 Å². The van der Waals surface area contributed by atoms with Crippen LogP contribution in [0.3, 0.4) is 0 Å². The lowest BCUT2D eigenvalue weighted by Gasteiger charge is -2.47. The summed E-state index contributed by atoms with van der Waals surface area (Å²) in [4.78, 5) is 25.7. The number of hydrogen-bond acceptors (Lipinski definition) is 8. The summed E-state index contributed by atoms with van der Waals surface area (Å²) in [5, 5.41) is 8.80. The monoisotopic (exact) mass is 732 g/mol. The van der Waals surface area contributed by atoms with Gasteiger partial charge in [0.05, 0.1) is 17.5 Å². The van der Waals surface area contributed by atoms with Crippen LogP contribution < -0.4 is 9.47 Å². The second-order valence-electron chi connectivity index (χ2n) is 14.2. The third-order valence-electron chi connectivity index (χ3n) is 10.5. The Morgan fingerprint density at radius 2 is 1.65 bits per heavy atom. The summed E-state index contributed by atoms with van der Waals surface area (Å²) < 4.78 is 53.8. The van der Waals surface area contributed by atoms with Crippen molar-refractivity contribution in [3.8, 4) is 17.2 Å². The van der Waals surface area contributed by atoms with Gasteiger partial charge in [0.2, 0.25) is 10.0 Å². The number of fused-ring (bicyclic) bond motifs is 1. The van der Waals surface area contributed by atoms with Gasteiger partial charge in [-0.25, -0.2) is 22.3 Å². The number of likely N-dealkylation sites (tertiary alicyclic amines) is 1. The topological polar surface area (TPSA) is 132 Å². The van der Waals surface area contributed by atoms with E-state index < -0.39 is 40.0 Å². The number of benzene rings is 3. The molecule has 0 saturated carbocycles. The first-order valence-electron chi connectivity index (χ1n) is 17.9. The van der Waals surface area contributed by atoms with Crippen molar-refractivity contribution in [2.45, 2.75) is 70.5 Å². The molecule has 0 aliphatic carbocycles. The average molecular weight is 733 g/mol. The maximum absolute atomic E-state index is 14.0. The third kappa shape index (κ3) is 8.62. The SMILES string of the molecule is C=C(C)[C@H]1C[C@@H]2CN(S(=O)(=O)C3CCN(C(=O)OCc4ccccc4)CC3)CC[C@@H]2O[C@@H]1c1cc(Oc2ccc(C)c(C)c2)ccc1OCC(=O)O. The Bertz CT molecular complexity index is 1870. The molecule has 0 radical (unpaired) electrons. The Hall–Kier alpha value is -4.39. The molecule has 11 nitrogen and oxygen atoms in total. The lowest BCUT2D eigenvalue weighted by molar-refractivity contribution is -0.139. The summed E-state index contributed by atoms with van der Waals surface area (Å²) >= 11 is 0. The molecule has 3 heterocycles. The number of aryl methyl sites for hydroxylation is 2. The van der Waals surface area contributed by atoms with Crippen molar-refractivity contribution < 1.29 is 42.1 Å². The van der Waals surface area contributed by atoms with Crippen LogP contribution in [-0.4, -0.2) is 78.9 Å². The molecule has 0 unspecified atom stereocenters. The maximum atomic E-state index is 14.0. The lowest BCUT2D eigenvalue weighted by Crippen LogP contribution is -2.54. The minimum Gasteiger partial charge on any atom is -0.482 e. The van der Waals surface area contributed by atoms with Crippen LogP contribution in [-0.2, 0) is 30.9 Å². The minimum absolute atomic E-state index is 0.0621. The van der Waals surface area contributed by atoms with Crippen LogP contribution in [0.4, 0.5) is 4.79 Å². The maximum Gasteiger partial charge on any atom is 0.410 e. The van der Waals surface area contributed by atoms with E-state index in [1.165, 1.54) is 0 Å². The summed E-state index contributed by atoms with van der Waals surface area (Å²) in [6.07, 6.45) is 0.699. The van der Waals surface area contributed by atoms with E-state index in [0.717, 1.165) is 22.3 Å². The number of ether oxygens (including phenoxy) is 4. The summed E-state index contributed by atoms with van der Waals surface area (Å²) in [6, 6.07) is 20.6. The number of carboxylic acid groups (broad SMARTS) is 1. The molecule has 3 aromatic rings. The Balaban J connectivity index is 1.13. The fraction of sp³-hybridized carbons (Fsp3) is 0.450. The first-order chi connectivity index (χ1) is 24.9. The van der Waals surface area contributed by atoms with E-state index in [-0.39, 0.29) is 24.5 Å². The number of rotatable bonds is 11. The van der Waals surface area contributed by atoms with Gasteiger partial charge in [-0.1, -0.05) is 48.6 Å². The number of aliphatic carboxylic acids is 1. The van der Waals surface area contributed by atoms with E-state index in [4.69, 9.17) is 18.9 Å². The third-order valence-corrected chi connectivity index (χ3v) is 12.9. The van der Waals surface area contributed by atoms with Crippen molar-refractivity contribution in [3.63, 3.8) is 0 Å². The van der Waals surface area contributed by atoms with Gasteiger partial charge in [-0.3, -0.25) is 0 Å². The van der Waals surface area contributed by atoms with Crippen LogP contribution in [0.25, 0.3) is 0 Å². The fourth-order valence-corrected chi connectivity index (χ4v) is 9.44. The summed E-state index contributed by atoms with van der Waals surface area (Å²) in [5.41, 5.74) is 4.69. The minimum atomic E-state index is -3.62. The molecule has 3 aliphatic heterocycles. The molecule has 0 spiro atoms. The van der Waals surface area contributed by atoms with E-state index in [1.807, 2.05) is 75.4 Å². The van der Waals surface area contributed by atoms with Gasteiger partial charge in [0, 0.05) is 37.7 Å². The van der Waals surface area contributed by atoms with E-state index in [0.29, 0.717) is 74.7 Å². The number of carbonyl (C=O) groups is 2. The lowest BCUT2D eigenvalue weighted by atomic mass is 9.76. The number of amides is 1. The molecule has 3 saturated heterocycles. The van der Waals surface area contributed by atoms with Gasteiger partial charge in [0.15, 0.2) is 6.61 Å². The number of carboxylic acids is 1. The Morgan fingerprint density at radius 1 is 0.942 bits per heavy atom. The molecule has 12 heteroatoms. The van der Waals surface area contributed by atoms with Crippen LogP contribution >= 0.6 is 0 Å². The highest BCUT2D eigenvalue weighted by Crippen LogP contribution is 2.48. The zero-order chi connectivity index (χ0) is 37.0. The largest absolute Gasteiger partial charge is 0.482 e. The quantitative estimate of drug-likeness (QED) is 0.206.